The molecule has 1 aromatic heterocycles. The third-order valence-corrected chi connectivity index (χ3v) is 4.66. The molecule has 0 saturated heterocycles. The third-order valence-electron chi connectivity index (χ3n) is 4.42. The standard InChI is InChI=1S/C23H16ClNO4/c1-28-18-8-5-14(6-9-18)22-13-20(19-12-16(24)7-10-21(19)29-22)25-17-4-2-3-15(11-17)23(26)27/h2-13H,1H3,(H,26,27). The molecule has 0 unspecified atom stereocenters. The van der Waals surface area contributed by atoms with Crippen LogP contribution in [-0.4, -0.2) is 18.2 Å². The van der Waals surface area contributed by atoms with E-state index in [2.05, 4.69) is 4.99 Å². The number of halogens is 1. The summed E-state index contributed by atoms with van der Waals surface area (Å²) in [5.74, 6) is 0.365. The molecule has 1 N–H and O–H groups in total. The van der Waals surface area contributed by atoms with E-state index in [4.69, 9.17) is 20.8 Å². The largest absolute Gasteiger partial charge is 0.497 e. The van der Waals surface area contributed by atoms with E-state index in [-0.39, 0.29) is 5.56 Å². The molecule has 0 atom stereocenters. The van der Waals surface area contributed by atoms with E-state index < -0.39 is 5.97 Å². The van der Waals surface area contributed by atoms with Crippen LogP contribution in [0.15, 0.2) is 82.2 Å². The minimum Gasteiger partial charge on any atom is -0.497 e. The summed E-state index contributed by atoms with van der Waals surface area (Å²) in [4.78, 5) is 15.9. The van der Waals surface area contributed by atoms with Crippen LogP contribution in [0.2, 0.25) is 5.02 Å². The number of hydrogen-bond donors (Lipinski definition) is 1. The van der Waals surface area contributed by atoms with E-state index in [1.165, 1.54) is 12.1 Å². The molecule has 6 heteroatoms. The van der Waals surface area contributed by atoms with Crippen LogP contribution in [-0.2, 0) is 0 Å². The van der Waals surface area contributed by atoms with E-state index in [1.54, 1.807) is 37.4 Å². The van der Waals surface area contributed by atoms with Crippen molar-refractivity contribution in [3.63, 3.8) is 0 Å². The van der Waals surface area contributed by atoms with Gasteiger partial charge in [-0.25, -0.2) is 9.79 Å². The Morgan fingerprint density at radius 2 is 1.83 bits per heavy atom. The summed E-state index contributed by atoms with van der Waals surface area (Å²) >= 11 is 6.18. The predicted molar refractivity (Wildman–Crippen MR) is 112 cm³/mol. The number of fused-ring (bicyclic) bond motifs is 1. The fourth-order valence-electron chi connectivity index (χ4n) is 2.98. The fraction of sp³-hybridized carbons (Fsp3) is 0.0435. The maximum atomic E-state index is 11.3. The lowest BCUT2D eigenvalue weighted by Gasteiger charge is -2.07. The van der Waals surface area contributed by atoms with Crippen molar-refractivity contribution in [3.8, 4) is 17.1 Å². The molecule has 0 aliphatic rings. The van der Waals surface area contributed by atoms with Crippen molar-refractivity contribution in [2.24, 2.45) is 4.99 Å². The lowest BCUT2D eigenvalue weighted by molar-refractivity contribution is 0.0697. The SMILES string of the molecule is COc1ccc(-c2cc(=Nc3cccc(C(=O)O)c3)c3cc(Cl)ccc3o2)cc1. The minimum absolute atomic E-state index is 0.171. The van der Waals surface area contributed by atoms with Gasteiger partial charge in [-0.1, -0.05) is 17.7 Å². The first-order valence-corrected chi connectivity index (χ1v) is 9.17. The lowest BCUT2D eigenvalue weighted by Crippen LogP contribution is -2.03. The Morgan fingerprint density at radius 3 is 2.55 bits per heavy atom. The quantitative estimate of drug-likeness (QED) is 0.473. The molecule has 0 aliphatic heterocycles. The number of carboxylic acids is 1. The second-order valence-corrected chi connectivity index (χ2v) is 6.77. The summed E-state index contributed by atoms with van der Waals surface area (Å²) in [5, 5.41) is 11.1. The molecule has 144 valence electrons. The molecule has 4 rings (SSSR count). The van der Waals surface area contributed by atoms with Crippen LogP contribution < -0.4 is 10.1 Å². The van der Waals surface area contributed by atoms with Crippen molar-refractivity contribution < 1.29 is 19.1 Å². The van der Waals surface area contributed by atoms with Crippen LogP contribution >= 0.6 is 11.6 Å². The van der Waals surface area contributed by atoms with E-state index in [9.17, 15) is 9.90 Å². The smallest absolute Gasteiger partial charge is 0.335 e. The van der Waals surface area contributed by atoms with Gasteiger partial charge in [0.25, 0.3) is 0 Å². The number of rotatable bonds is 4. The summed E-state index contributed by atoms with van der Waals surface area (Å²) in [5.41, 5.74) is 2.18. The number of nitrogens with zero attached hydrogens (tertiary/aromatic N) is 1. The van der Waals surface area contributed by atoms with Crippen molar-refractivity contribution in [1.82, 2.24) is 0 Å². The molecule has 3 aromatic carbocycles. The van der Waals surface area contributed by atoms with E-state index in [0.29, 0.717) is 27.4 Å². The van der Waals surface area contributed by atoms with Crippen molar-refractivity contribution in [2.45, 2.75) is 0 Å². The lowest BCUT2D eigenvalue weighted by atomic mass is 10.1. The van der Waals surface area contributed by atoms with Gasteiger partial charge in [0.05, 0.1) is 23.7 Å². The summed E-state index contributed by atoms with van der Waals surface area (Å²) in [7, 11) is 1.61. The van der Waals surface area contributed by atoms with Crippen LogP contribution in [0.4, 0.5) is 5.69 Å². The molecule has 4 aromatic rings. The minimum atomic E-state index is -1.00. The van der Waals surface area contributed by atoms with Gasteiger partial charge < -0.3 is 14.3 Å². The maximum absolute atomic E-state index is 11.3. The highest BCUT2D eigenvalue weighted by Gasteiger charge is 2.08. The molecule has 0 saturated carbocycles. The molecule has 5 nitrogen and oxygen atoms in total. The van der Waals surface area contributed by atoms with Gasteiger partial charge >= 0.3 is 5.97 Å². The van der Waals surface area contributed by atoms with E-state index >= 15 is 0 Å². The van der Waals surface area contributed by atoms with Gasteiger partial charge in [0.15, 0.2) is 0 Å². The highest BCUT2D eigenvalue weighted by atomic mass is 35.5. The van der Waals surface area contributed by atoms with Crippen LogP contribution in [0.3, 0.4) is 0 Å². The zero-order valence-electron chi connectivity index (χ0n) is 15.4. The summed E-state index contributed by atoms with van der Waals surface area (Å²) in [6.07, 6.45) is 0. The molecule has 0 radical (unpaired) electrons. The van der Waals surface area contributed by atoms with Gasteiger partial charge in [0, 0.05) is 22.0 Å². The first kappa shape index (κ1) is 18.8. The number of carbonyl (C=O) groups is 1. The number of aromatic carboxylic acids is 1. The number of carboxylic acid groups (broad SMARTS) is 1. The van der Waals surface area contributed by atoms with Crippen LogP contribution in [0.5, 0.6) is 5.75 Å². The Kier molecular flexibility index (Phi) is 5.06. The molecule has 0 amide bonds. The van der Waals surface area contributed by atoms with Crippen LogP contribution in [0, 0.1) is 0 Å². The van der Waals surface area contributed by atoms with Gasteiger partial charge in [-0.2, -0.15) is 0 Å². The molecule has 0 aliphatic carbocycles. The Labute approximate surface area is 171 Å². The molecule has 0 fully saturated rings. The summed E-state index contributed by atoms with van der Waals surface area (Å²) in [6.45, 7) is 0. The first-order valence-electron chi connectivity index (χ1n) is 8.79. The monoisotopic (exact) mass is 405 g/mol. The number of methoxy groups -OCH3 is 1. The average Bonchev–Trinajstić information content (AvgIpc) is 2.74. The maximum Gasteiger partial charge on any atom is 0.335 e. The summed E-state index contributed by atoms with van der Waals surface area (Å²) < 4.78 is 11.3. The van der Waals surface area contributed by atoms with Crippen LogP contribution in [0.25, 0.3) is 22.3 Å². The highest BCUT2D eigenvalue weighted by Crippen LogP contribution is 2.26. The number of hydrogen-bond acceptors (Lipinski definition) is 4. The Morgan fingerprint density at radius 1 is 1.03 bits per heavy atom. The van der Waals surface area contributed by atoms with Gasteiger partial charge in [0.1, 0.15) is 17.1 Å². The second kappa shape index (κ2) is 7.81. The topological polar surface area (TPSA) is 72.0 Å². The fourth-order valence-corrected chi connectivity index (χ4v) is 3.15. The molecule has 0 bridgehead atoms. The van der Waals surface area contributed by atoms with Gasteiger partial charge in [-0.05, 0) is 60.7 Å². The zero-order chi connectivity index (χ0) is 20.4. The highest BCUT2D eigenvalue weighted by molar-refractivity contribution is 6.31. The number of benzene rings is 3. The molecule has 1 heterocycles. The zero-order valence-corrected chi connectivity index (χ0v) is 16.2. The molecular weight excluding hydrogens is 390 g/mol. The third kappa shape index (κ3) is 4.00. The molecular formula is C23H16ClNO4. The predicted octanol–water partition coefficient (Wildman–Crippen LogP) is 5.69. The van der Waals surface area contributed by atoms with Crippen molar-refractivity contribution in [3.05, 3.63) is 88.7 Å². The second-order valence-electron chi connectivity index (χ2n) is 6.33. The van der Waals surface area contributed by atoms with Gasteiger partial charge in [0.2, 0.25) is 0 Å². The normalized spacial score (nSPS) is 11.6. The van der Waals surface area contributed by atoms with E-state index in [1.807, 2.05) is 30.3 Å². The van der Waals surface area contributed by atoms with Crippen LogP contribution in [0.1, 0.15) is 10.4 Å². The van der Waals surface area contributed by atoms with Crippen molar-refractivity contribution >= 4 is 34.2 Å². The Bertz CT molecular complexity index is 1280. The summed E-state index contributed by atoms with van der Waals surface area (Å²) in [6, 6.07) is 21.1. The Balaban J connectivity index is 1.94. The van der Waals surface area contributed by atoms with Gasteiger partial charge in [-0.15, -0.1) is 0 Å². The van der Waals surface area contributed by atoms with Gasteiger partial charge in [-0.3, -0.25) is 0 Å². The molecule has 0 spiro atoms. The number of ether oxygens (including phenoxy) is 1. The van der Waals surface area contributed by atoms with Crippen molar-refractivity contribution in [2.75, 3.05) is 7.11 Å². The average molecular weight is 406 g/mol. The molecule has 29 heavy (non-hydrogen) atoms. The first-order chi connectivity index (χ1) is 14.0. The Hall–Kier alpha value is -3.57. The van der Waals surface area contributed by atoms with Crippen molar-refractivity contribution in [1.29, 1.82) is 0 Å². The van der Waals surface area contributed by atoms with E-state index in [0.717, 1.165) is 16.7 Å².